The van der Waals surface area contributed by atoms with E-state index >= 15 is 0 Å². The first-order chi connectivity index (χ1) is 6.29. The molecule has 1 amide bonds. The molecule has 1 atom stereocenters. The van der Waals surface area contributed by atoms with Crippen LogP contribution in [0.25, 0.3) is 0 Å². The van der Waals surface area contributed by atoms with Crippen LogP contribution in [0, 0.1) is 0 Å². The Hall–Kier alpha value is -0.570. The van der Waals surface area contributed by atoms with Gasteiger partial charge in [-0.25, -0.2) is 0 Å². The van der Waals surface area contributed by atoms with Crippen molar-refractivity contribution in [1.82, 2.24) is 4.90 Å². The minimum absolute atomic E-state index is 0.0445. The lowest BCUT2D eigenvalue weighted by Gasteiger charge is -2.28. The zero-order valence-electron chi connectivity index (χ0n) is 8.04. The number of hydrogen-bond acceptors (Lipinski definition) is 2. The average Bonchev–Trinajstić information content (AvgIpc) is 2.74. The fraction of sp³-hybridized carbons (Fsp3) is 0.900. The Labute approximate surface area is 79.3 Å². The molecular formula is C10H18N2O. The molecule has 3 heteroatoms. The molecule has 0 spiro atoms. The van der Waals surface area contributed by atoms with E-state index < -0.39 is 0 Å². The highest BCUT2D eigenvalue weighted by atomic mass is 16.1. The van der Waals surface area contributed by atoms with E-state index in [-0.39, 0.29) is 11.9 Å². The standard InChI is InChI=1S/C10H18N2O/c11-10(13)9-6-3-7-12(9)8-4-1-2-5-8/h8-9H,1-7H2,(H2,11,13). The van der Waals surface area contributed by atoms with Crippen molar-refractivity contribution >= 4 is 5.91 Å². The van der Waals surface area contributed by atoms with Crippen molar-refractivity contribution in [2.45, 2.75) is 50.6 Å². The summed E-state index contributed by atoms with van der Waals surface area (Å²) in [6.07, 6.45) is 7.31. The summed E-state index contributed by atoms with van der Waals surface area (Å²) < 4.78 is 0. The van der Waals surface area contributed by atoms with Gasteiger partial charge in [-0.3, -0.25) is 9.69 Å². The van der Waals surface area contributed by atoms with Crippen molar-refractivity contribution in [3.63, 3.8) is 0 Å². The predicted molar refractivity (Wildman–Crippen MR) is 51.2 cm³/mol. The molecule has 74 valence electrons. The summed E-state index contributed by atoms with van der Waals surface area (Å²) in [6.45, 7) is 1.08. The van der Waals surface area contributed by atoms with Crippen molar-refractivity contribution in [3.8, 4) is 0 Å². The van der Waals surface area contributed by atoms with Gasteiger partial charge >= 0.3 is 0 Å². The maximum absolute atomic E-state index is 11.1. The molecule has 1 aliphatic carbocycles. The van der Waals surface area contributed by atoms with Crippen molar-refractivity contribution in [2.75, 3.05) is 6.54 Å². The van der Waals surface area contributed by atoms with Crippen LogP contribution in [0.15, 0.2) is 0 Å². The third kappa shape index (κ3) is 1.70. The summed E-state index contributed by atoms with van der Waals surface area (Å²) in [7, 11) is 0. The van der Waals surface area contributed by atoms with Crippen molar-refractivity contribution in [1.29, 1.82) is 0 Å². The molecule has 13 heavy (non-hydrogen) atoms. The predicted octanol–water partition coefficient (Wildman–Crippen LogP) is 0.879. The number of carbonyl (C=O) groups excluding carboxylic acids is 1. The van der Waals surface area contributed by atoms with Crippen LogP contribution in [0.1, 0.15) is 38.5 Å². The molecule has 0 aromatic heterocycles. The van der Waals surface area contributed by atoms with Crippen molar-refractivity contribution < 1.29 is 4.79 Å². The zero-order valence-corrected chi connectivity index (χ0v) is 8.04. The van der Waals surface area contributed by atoms with Gasteiger partial charge in [0, 0.05) is 6.04 Å². The summed E-state index contributed by atoms with van der Waals surface area (Å²) in [6, 6.07) is 0.697. The molecule has 0 radical (unpaired) electrons. The first-order valence-corrected chi connectivity index (χ1v) is 5.34. The second-order valence-corrected chi connectivity index (χ2v) is 4.24. The smallest absolute Gasteiger partial charge is 0.234 e. The van der Waals surface area contributed by atoms with Crippen LogP contribution >= 0.6 is 0 Å². The number of carbonyl (C=O) groups is 1. The molecule has 1 aliphatic heterocycles. The molecular weight excluding hydrogens is 164 g/mol. The third-order valence-corrected chi connectivity index (χ3v) is 3.42. The summed E-state index contributed by atoms with van der Waals surface area (Å²) >= 11 is 0. The molecule has 2 fully saturated rings. The van der Waals surface area contributed by atoms with Gasteiger partial charge in [0.15, 0.2) is 0 Å². The Bertz CT molecular complexity index is 199. The van der Waals surface area contributed by atoms with Gasteiger partial charge in [0.2, 0.25) is 5.91 Å². The molecule has 0 aromatic rings. The largest absolute Gasteiger partial charge is 0.368 e. The Morgan fingerprint density at radius 3 is 2.46 bits per heavy atom. The lowest BCUT2D eigenvalue weighted by molar-refractivity contribution is -0.122. The summed E-state index contributed by atoms with van der Waals surface area (Å²) in [5.41, 5.74) is 5.38. The monoisotopic (exact) mass is 182 g/mol. The molecule has 0 aromatic carbocycles. The molecule has 1 saturated carbocycles. The minimum Gasteiger partial charge on any atom is -0.368 e. The van der Waals surface area contributed by atoms with Crippen LogP contribution in [-0.2, 0) is 4.79 Å². The van der Waals surface area contributed by atoms with E-state index in [0.717, 1.165) is 19.4 Å². The molecule has 2 N–H and O–H groups in total. The second kappa shape index (κ2) is 3.66. The van der Waals surface area contributed by atoms with Crippen molar-refractivity contribution in [3.05, 3.63) is 0 Å². The first-order valence-electron chi connectivity index (χ1n) is 5.34. The van der Waals surface area contributed by atoms with E-state index in [9.17, 15) is 4.79 Å². The van der Waals surface area contributed by atoms with Gasteiger partial charge in [0.25, 0.3) is 0 Å². The first kappa shape index (κ1) is 9.00. The molecule has 1 heterocycles. The normalized spacial score (nSPS) is 31.2. The number of rotatable bonds is 2. The van der Waals surface area contributed by atoms with Gasteiger partial charge in [-0.1, -0.05) is 12.8 Å². The number of amides is 1. The fourth-order valence-electron chi connectivity index (χ4n) is 2.77. The maximum Gasteiger partial charge on any atom is 0.234 e. The SMILES string of the molecule is NC(=O)C1CCCN1C1CCCC1. The Kier molecular flexibility index (Phi) is 2.54. The van der Waals surface area contributed by atoms with Crippen LogP contribution in [-0.4, -0.2) is 29.4 Å². The van der Waals surface area contributed by atoms with Crippen molar-refractivity contribution in [2.24, 2.45) is 5.73 Å². The number of nitrogens with zero attached hydrogens (tertiary/aromatic N) is 1. The highest BCUT2D eigenvalue weighted by Crippen LogP contribution is 2.29. The van der Waals surface area contributed by atoms with Gasteiger partial charge in [-0.15, -0.1) is 0 Å². The van der Waals surface area contributed by atoms with Crippen LogP contribution < -0.4 is 5.73 Å². The Balaban J connectivity index is 2.00. The van der Waals surface area contributed by atoms with Gasteiger partial charge in [0.1, 0.15) is 0 Å². The highest BCUT2D eigenvalue weighted by molar-refractivity contribution is 5.80. The van der Waals surface area contributed by atoms with Gasteiger partial charge in [-0.05, 0) is 32.2 Å². The lowest BCUT2D eigenvalue weighted by Crippen LogP contribution is -2.44. The number of likely N-dealkylation sites (tertiary alicyclic amines) is 1. The quantitative estimate of drug-likeness (QED) is 0.689. The third-order valence-electron chi connectivity index (χ3n) is 3.42. The van der Waals surface area contributed by atoms with E-state index in [1.54, 1.807) is 0 Å². The fourth-order valence-corrected chi connectivity index (χ4v) is 2.77. The Morgan fingerprint density at radius 2 is 1.85 bits per heavy atom. The molecule has 3 nitrogen and oxygen atoms in total. The molecule has 2 aliphatic rings. The van der Waals surface area contributed by atoms with E-state index in [4.69, 9.17) is 5.73 Å². The average molecular weight is 182 g/mol. The Morgan fingerprint density at radius 1 is 1.15 bits per heavy atom. The molecule has 0 bridgehead atoms. The molecule has 1 saturated heterocycles. The summed E-state index contributed by atoms with van der Waals surface area (Å²) in [4.78, 5) is 13.5. The number of nitrogens with two attached hydrogens (primary N) is 1. The highest BCUT2D eigenvalue weighted by Gasteiger charge is 2.34. The zero-order chi connectivity index (χ0) is 9.26. The summed E-state index contributed by atoms with van der Waals surface area (Å²) in [5, 5.41) is 0. The van der Waals surface area contributed by atoms with E-state index in [0.29, 0.717) is 6.04 Å². The van der Waals surface area contributed by atoms with E-state index in [1.807, 2.05) is 0 Å². The molecule has 1 unspecified atom stereocenters. The van der Waals surface area contributed by atoms with E-state index in [1.165, 1.54) is 25.7 Å². The number of hydrogen-bond donors (Lipinski definition) is 1. The minimum atomic E-state index is -0.121. The number of primary amides is 1. The maximum atomic E-state index is 11.1. The summed E-state index contributed by atoms with van der Waals surface area (Å²) in [5.74, 6) is -0.121. The lowest BCUT2D eigenvalue weighted by atomic mass is 10.1. The van der Waals surface area contributed by atoms with E-state index in [2.05, 4.69) is 4.90 Å². The topological polar surface area (TPSA) is 46.3 Å². The van der Waals surface area contributed by atoms with Gasteiger partial charge in [-0.2, -0.15) is 0 Å². The van der Waals surface area contributed by atoms with Gasteiger partial charge < -0.3 is 5.73 Å². The molecule has 2 rings (SSSR count). The van der Waals surface area contributed by atoms with Crippen LogP contribution in [0.2, 0.25) is 0 Å². The second-order valence-electron chi connectivity index (χ2n) is 4.24. The van der Waals surface area contributed by atoms with Crippen LogP contribution in [0.3, 0.4) is 0 Å². The van der Waals surface area contributed by atoms with Crippen LogP contribution in [0.4, 0.5) is 0 Å². The van der Waals surface area contributed by atoms with Crippen LogP contribution in [0.5, 0.6) is 0 Å². The van der Waals surface area contributed by atoms with Gasteiger partial charge in [0.05, 0.1) is 6.04 Å².